The lowest BCUT2D eigenvalue weighted by atomic mass is 9.94. The lowest BCUT2D eigenvalue weighted by molar-refractivity contribution is -0.124. The SMILES string of the molecule is CCCCC(CN)NC(=O)C1(c2ccc(Br)cc2)CC1.Cl. The van der Waals surface area contributed by atoms with Crippen molar-refractivity contribution in [3.8, 4) is 0 Å². The van der Waals surface area contributed by atoms with Crippen molar-refractivity contribution in [2.45, 2.75) is 50.5 Å². The van der Waals surface area contributed by atoms with Crippen LogP contribution in [0.25, 0.3) is 0 Å². The highest BCUT2D eigenvalue weighted by molar-refractivity contribution is 9.10. The quantitative estimate of drug-likeness (QED) is 0.766. The van der Waals surface area contributed by atoms with Crippen molar-refractivity contribution in [3.63, 3.8) is 0 Å². The summed E-state index contributed by atoms with van der Waals surface area (Å²) in [5.74, 6) is 0.145. The van der Waals surface area contributed by atoms with Gasteiger partial charge in [-0.3, -0.25) is 4.79 Å². The van der Waals surface area contributed by atoms with E-state index < -0.39 is 0 Å². The third-order valence-electron chi connectivity index (χ3n) is 4.11. The van der Waals surface area contributed by atoms with Crippen LogP contribution in [0.2, 0.25) is 0 Å². The largest absolute Gasteiger partial charge is 0.351 e. The molecule has 3 nitrogen and oxygen atoms in total. The molecule has 1 atom stereocenters. The molecule has 1 aliphatic rings. The molecule has 3 N–H and O–H groups in total. The highest BCUT2D eigenvalue weighted by Gasteiger charge is 2.51. The average molecular weight is 376 g/mol. The van der Waals surface area contributed by atoms with Crippen LogP contribution in [0.1, 0.15) is 44.6 Å². The van der Waals surface area contributed by atoms with Crippen molar-refractivity contribution >= 4 is 34.2 Å². The first-order valence-corrected chi connectivity index (χ1v) is 8.19. The van der Waals surface area contributed by atoms with Crippen LogP contribution in [-0.4, -0.2) is 18.5 Å². The zero-order valence-corrected chi connectivity index (χ0v) is 14.8. The molecule has 1 aromatic carbocycles. The minimum Gasteiger partial charge on any atom is -0.351 e. The van der Waals surface area contributed by atoms with Crippen molar-refractivity contribution in [1.29, 1.82) is 0 Å². The second-order valence-electron chi connectivity index (χ2n) is 5.64. The summed E-state index contributed by atoms with van der Waals surface area (Å²) in [5.41, 5.74) is 6.57. The van der Waals surface area contributed by atoms with Gasteiger partial charge in [-0.1, -0.05) is 47.8 Å². The van der Waals surface area contributed by atoms with Gasteiger partial charge in [-0.25, -0.2) is 0 Å². The Kier molecular flexibility index (Phi) is 7.17. The van der Waals surface area contributed by atoms with Gasteiger partial charge in [0.15, 0.2) is 0 Å². The summed E-state index contributed by atoms with van der Waals surface area (Å²) in [7, 11) is 0. The number of hydrogen-bond acceptors (Lipinski definition) is 2. The zero-order chi connectivity index (χ0) is 14.6. The van der Waals surface area contributed by atoms with Crippen LogP contribution in [0, 0.1) is 0 Å². The topological polar surface area (TPSA) is 55.1 Å². The Morgan fingerprint density at radius 2 is 2.00 bits per heavy atom. The van der Waals surface area contributed by atoms with Crippen LogP contribution >= 0.6 is 28.3 Å². The van der Waals surface area contributed by atoms with Gasteiger partial charge in [-0.15, -0.1) is 12.4 Å². The van der Waals surface area contributed by atoms with Crippen molar-refractivity contribution in [3.05, 3.63) is 34.3 Å². The first-order valence-electron chi connectivity index (χ1n) is 7.39. The van der Waals surface area contributed by atoms with Gasteiger partial charge in [0, 0.05) is 17.1 Å². The number of halogens is 2. The Hall–Kier alpha value is -0.580. The van der Waals surface area contributed by atoms with Crippen molar-refractivity contribution in [2.24, 2.45) is 5.73 Å². The normalized spacial score (nSPS) is 16.7. The molecule has 1 unspecified atom stereocenters. The van der Waals surface area contributed by atoms with E-state index in [2.05, 4.69) is 28.2 Å². The lowest BCUT2D eigenvalue weighted by Gasteiger charge is -2.21. The van der Waals surface area contributed by atoms with Crippen LogP contribution in [0.15, 0.2) is 28.7 Å². The van der Waals surface area contributed by atoms with Crippen molar-refractivity contribution < 1.29 is 4.79 Å². The van der Waals surface area contributed by atoms with E-state index in [1.165, 1.54) is 0 Å². The Balaban J connectivity index is 0.00000220. The van der Waals surface area contributed by atoms with Crippen LogP contribution in [0.4, 0.5) is 0 Å². The molecule has 1 amide bonds. The van der Waals surface area contributed by atoms with E-state index >= 15 is 0 Å². The van der Waals surface area contributed by atoms with E-state index in [1.807, 2.05) is 24.3 Å². The Bertz CT molecular complexity index is 460. The minimum absolute atomic E-state index is 0. The number of amides is 1. The van der Waals surface area contributed by atoms with E-state index in [1.54, 1.807) is 0 Å². The molecule has 1 saturated carbocycles. The van der Waals surface area contributed by atoms with E-state index in [-0.39, 0.29) is 29.8 Å². The van der Waals surface area contributed by atoms with Crippen molar-refractivity contribution in [2.75, 3.05) is 6.54 Å². The van der Waals surface area contributed by atoms with Crippen molar-refractivity contribution in [1.82, 2.24) is 5.32 Å². The number of benzene rings is 1. The summed E-state index contributed by atoms with van der Waals surface area (Å²) in [6.45, 7) is 2.67. The fourth-order valence-corrected chi connectivity index (χ4v) is 2.83. The van der Waals surface area contributed by atoms with Crippen LogP contribution in [0.5, 0.6) is 0 Å². The number of carbonyl (C=O) groups is 1. The molecule has 1 fully saturated rings. The molecule has 0 heterocycles. The molecule has 1 aromatic rings. The molecule has 0 aliphatic heterocycles. The van der Waals surface area contributed by atoms with Gasteiger partial charge >= 0.3 is 0 Å². The fraction of sp³-hybridized carbons (Fsp3) is 0.562. The molecule has 1 aliphatic carbocycles. The molecule has 0 saturated heterocycles. The van der Waals surface area contributed by atoms with Gasteiger partial charge < -0.3 is 11.1 Å². The van der Waals surface area contributed by atoms with E-state index in [9.17, 15) is 4.79 Å². The number of hydrogen-bond donors (Lipinski definition) is 2. The molecule has 5 heteroatoms. The molecule has 0 radical (unpaired) electrons. The molecule has 0 bridgehead atoms. The maximum Gasteiger partial charge on any atom is 0.230 e. The summed E-state index contributed by atoms with van der Waals surface area (Å²) in [6, 6.07) is 8.19. The Morgan fingerprint density at radius 1 is 1.38 bits per heavy atom. The summed E-state index contributed by atoms with van der Waals surface area (Å²) >= 11 is 3.43. The number of carbonyl (C=O) groups excluding carboxylic acids is 1. The van der Waals surface area contributed by atoms with Gasteiger partial charge in [-0.2, -0.15) is 0 Å². The highest BCUT2D eigenvalue weighted by Crippen LogP contribution is 2.48. The molecule has 21 heavy (non-hydrogen) atoms. The number of nitrogens with two attached hydrogens (primary N) is 1. The standard InChI is InChI=1S/C16H23BrN2O.ClH/c1-2-3-4-14(11-18)19-15(20)16(9-10-16)12-5-7-13(17)8-6-12;/h5-8,14H,2-4,9-11,18H2,1H3,(H,19,20);1H. The predicted molar refractivity (Wildman–Crippen MR) is 92.8 cm³/mol. The Labute approximate surface area is 141 Å². The second kappa shape index (κ2) is 8.16. The first-order chi connectivity index (χ1) is 9.62. The molecule has 118 valence electrons. The van der Waals surface area contributed by atoms with Gasteiger partial charge in [0.1, 0.15) is 0 Å². The number of unbranched alkanes of at least 4 members (excludes halogenated alkanes) is 1. The van der Waals surface area contributed by atoms with Gasteiger partial charge in [-0.05, 0) is 37.0 Å². The average Bonchev–Trinajstić information content (AvgIpc) is 3.25. The summed E-state index contributed by atoms with van der Waals surface area (Å²) < 4.78 is 1.04. The van der Waals surface area contributed by atoms with Crippen LogP contribution < -0.4 is 11.1 Å². The van der Waals surface area contributed by atoms with Crippen LogP contribution in [0.3, 0.4) is 0 Å². The maximum atomic E-state index is 12.6. The third-order valence-corrected chi connectivity index (χ3v) is 4.64. The minimum atomic E-state index is -0.305. The molecular formula is C16H24BrClN2O. The smallest absolute Gasteiger partial charge is 0.230 e. The zero-order valence-electron chi connectivity index (χ0n) is 12.4. The third kappa shape index (κ3) is 4.44. The first kappa shape index (κ1) is 18.5. The fourth-order valence-electron chi connectivity index (χ4n) is 2.56. The van der Waals surface area contributed by atoms with E-state index in [0.717, 1.165) is 42.1 Å². The Morgan fingerprint density at radius 3 is 2.48 bits per heavy atom. The van der Waals surface area contributed by atoms with Gasteiger partial charge in [0.25, 0.3) is 0 Å². The van der Waals surface area contributed by atoms with E-state index in [4.69, 9.17) is 5.73 Å². The van der Waals surface area contributed by atoms with Gasteiger partial charge in [0.2, 0.25) is 5.91 Å². The lowest BCUT2D eigenvalue weighted by Crippen LogP contribution is -2.45. The number of rotatable bonds is 7. The van der Waals surface area contributed by atoms with E-state index in [0.29, 0.717) is 6.54 Å². The van der Waals surface area contributed by atoms with Crippen LogP contribution in [-0.2, 0) is 10.2 Å². The number of nitrogens with one attached hydrogen (secondary N) is 1. The maximum absolute atomic E-state index is 12.6. The molecule has 0 spiro atoms. The van der Waals surface area contributed by atoms with Gasteiger partial charge in [0.05, 0.1) is 5.41 Å². The molecule has 0 aromatic heterocycles. The summed E-state index contributed by atoms with van der Waals surface area (Å²) in [6.07, 6.45) is 5.07. The predicted octanol–water partition coefficient (Wildman–Crippen LogP) is 3.54. The summed E-state index contributed by atoms with van der Waals surface area (Å²) in [5, 5.41) is 3.14. The molecular weight excluding hydrogens is 352 g/mol. The molecule has 2 rings (SSSR count). The highest BCUT2D eigenvalue weighted by atomic mass is 79.9. The summed E-state index contributed by atoms with van der Waals surface area (Å²) in [4.78, 5) is 12.6. The second-order valence-corrected chi connectivity index (χ2v) is 6.55. The monoisotopic (exact) mass is 374 g/mol.